The first kappa shape index (κ1) is 14.2. The molecule has 0 saturated heterocycles. The minimum Gasteiger partial charge on any atom is -0.484 e. The summed E-state index contributed by atoms with van der Waals surface area (Å²) in [6.45, 7) is 3.82. The fraction of sp³-hybridized carbons (Fsp3) is 0.400. The standard InChI is InChI=1S/C15H18N2O3/c1-3-14-16-17-15(20-14)10-19-13-8-6-12(7-9-13)5-4-11(2)18/h6-9H,3-5,10H2,1-2H3. The van der Waals surface area contributed by atoms with E-state index >= 15 is 0 Å². The van der Waals surface area contributed by atoms with E-state index in [1.165, 1.54) is 0 Å². The van der Waals surface area contributed by atoms with Gasteiger partial charge in [0.05, 0.1) is 0 Å². The Bertz CT molecular complexity index is 561. The Morgan fingerprint density at radius 3 is 2.50 bits per heavy atom. The molecule has 0 bridgehead atoms. The van der Waals surface area contributed by atoms with Crippen molar-refractivity contribution >= 4 is 5.78 Å². The molecule has 0 aliphatic rings. The van der Waals surface area contributed by atoms with Crippen molar-refractivity contribution in [3.05, 3.63) is 41.6 Å². The van der Waals surface area contributed by atoms with Gasteiger partial charge >= 0.3 is 0 Å². The number of aromatic nitrogens is 2. The van der Waals surface area contributed by atoms with E-state index in [2.05, 4.69) is 10.2 Å². The SMILES string of the molecule is CCc1nnc(COc2ccc(CCC(C)=O)cc2)o1. The number of ketones is 1. The first-order valence-electron chi connectivity index (χ1n) is 6.70. The van der Waals surface area contributed by atoms with Crippen LogP contribution in [0.5, 0.6) is 5.75 Å². The zero-order chi connectivity index (χ0) is 14.4. The summed E-state index contributed by atoms with van der Waals surface area (Å²) in [6.07, 6.45) is 2.05. The summed E-state index contributed by atoms with van der Waals surface area (Å²) in [7, 11) is 0. The van der Waals surface area contributed by atoms with Gasteiger partial charge in [0.25, 0.3) is 5.89 Å². The average molecular weight is 274 g/mol. The molecule has 0 aliphatic heterocycles. The number of aryl methyl sites for hydroxylation is 2. The zero-order valence-corrected chi connectivity index (χ0v) is 11.8. The van der Waals surface area contributed by atoms with Crippen LogP contribution < -0.4 is 4.74 Å². The summed E-state index contributed by atoms with van der Waals surface area (Å²) in [6, 6.07) is 7.69. The van der Waals surface area contributed by atoms with Crippen molar-refractivity contribution in [2.24, 2.45) is 0 Å². The maximum Gasteiger partial charge on any atom is 0.253 e. The lowest BCUT2D eigenvalue weighted by molar-refractivity contribution is -0.116. The molecule has 0 spiro atoms. The van der Waals surface area contributed by atoms with Gasteiger partial charge in [0.2, 0.25) is 5.89 Å². The molecule has 0 unspecified atom stereocenters. The Labute approximate surface area is 118 Å². The molecule has 0 atom stereocenters. The van der Waals surface area contributed by atoms with Gasteiger partial charge in [-0.15, -0.1) is 10.2 Å². The molecular weight excluding hydrogens is 256 g/mol. The van der Waals surface area contributed by atoms with E-state index in [-0.39, 0.29) is 12.4 Å². The summed E-state index contributed by atoms with van der Waals surface area (Å²) in [5, 5.41) is 7.76. The fourth-order valence-corrected chi connectivity index (χ4v) is 1.71. The van der Waals surface area contributed by atoms with E-state index in [9.17, 15) is 4.79 Å². The zero-order valence-electron chi connectivity index (χ0n) is 11.8. The van der Waals surface area contributed by atoms with Crippen LogP contribution in [0, 0.1) is 0 Å². The number of rotatable bonds is 7. The number of carbonyl (C=O) groups excluding carboxylic acids is 1. The number of hydrogen-bond acceptors (Lipinski definition) is 5. The lowest BCUT2D eigenvalue weighted by Gasteiger charge is -2.04. The smallest absolute Gasteiger partial charge is 0.253 e. The van der Waals surface area contributed by atoms with Gasteiger partial charge in [-0.3, -0.25) is 0 Å². The number of carbonyl (C=O) groups is 1. The monoisotopic (exact) mass is 274 g/mol. The molecular formula is C15H18N2O3. The molecule has 0 N–H and O–H groups in total. The molecule has 106 valence electrons. The van der Waals surface area contributed by atoms with Crippen LogP contribution in [0.2, 0.25) is 0 Å². The van der Waals surface area contributed by atoms with Crippen LogP contribution in [-0.2, 0) is 24.2 Å². The Morgan fingerprint density at radius 1 is 1.20 bits per heavy atom. The van der Waals surface area contributed by atoms with Crippen LogP contribution in [0.4, 0.5) is 0 Å². The molecule has 5 nitrogen and oxygen atoms in total. The fourth-order valence-electron chi connectivity index (χ4n) is 1.71. The Hall–Kier alpha value is -2.17. The van der Waals surface area contributed by atoms with Gasteiger partial charge in [-0.2, -0.15) is 0 Å². The van der Waals surface area contributed by atoms with Gasteiger partial charge in [-0.1, -0.05) is 19.1 Å². The number of Topliss-reactive ketones (excluding diaryl/α,β-unsaturated/α-hetero) is 1. The molecule has 5 heteroatoms. The highest BCUT2D eigenvalue weighted by molar-refractivity contribution is 5.75. The van der Waals surface area contributed by atoms with E-state index in [0.29, 0.717) is 18.2 Å². The summed E-state index contributed by atoms with van der Waals surface area (Å²) >= 11 is 0. The van der Waals surface area contributed by atoms with Gasteiger partial charge < -0.3 is 13.9 Å². The second-order valence-electron chi connectivity index (χ2n) is 4.58. The third-order valence-electron chi connectivity index (χ3n) is 2.86. The number of benzene rings is 1. The number of nitrogens with zero attached hydrogens (tertiary/aromatic N) is 2. The van der Waals surface area contributed by atoms with Gasteiger partial charge in [-0.05, 0) is 31.0 Å². The van der Waals surface area contributed by atoms with Crippen LogP contribution in [0.25, 0.3) is 0 Å². The third kappa shape index (κ3) is 4.19. The summed E-state index contributed by atoms with van der Waals surface area (Å²) in [4.78, 5) is 10.9. The van der Waals surface area contributed by atoms with Crippen molar-refractivity contribution < 1.29 is 13.9 Å². The van der Waals surface area contributed by atoms with E-state index in [0.717, 1.165) is 24.2 Å². The van der Waals surface area contributed by atoms with Crippen LogP contribution in [0.3, 0.4) is 0 Å². The second-order valence-corrected chi connectivity index (χ2v) is 4.58. The van der Waals surface area contributed by atoms with Gasteiger partial charge in [0, 0.05) is 12.8 Å². The molecule has 0 fully saturated rings. The molecule has 0 saturated carbocycles. The van der Waals surface area contributed by atoms with E-state index in [4.69, 9.17) is 9.15 Å². The number of ether oxygens (including phenoxy) is 1. The van der Waals surface area contributed by atoms with Crippen molar-refractivity contribution in [3.8, 4) is 5.75 Å². The van der Waals surface area contributed by atoms with Gasteiger partial charge in [-0.25, -0.2) is 0 Å². The Kier molecular flexibility index (Phi) is 4.87. The minimum atomic E-state index is 0.202. The third-order valence-corrected chi connectivity index (χ3v) is 2.86. The quantitative estimate of drug-likeness (QED) is 0.776. The van der Waals surface area contributed by atoms with Gasteiger partial charge in [0.15, 0.2) is 6.61 Å². The van der Waals surface area contributed by atoms with Crippen molar-refractivity contribution in [3.63, 3.8) is 0 Å². The molecule has 2 rings (SSSR count). The Balaban J connectivity index is 1.85. The molecule has 1 heterocycles. The van der Waals surface area contributed by atoms with E-state index in [1.54, 1.807) is 6.92 Å². The minimum absolute atomic E-state index is 0.202. The highest BCUT2D eigenvalue weighted by atomic mass is 16.5. The highest BCUT2D eigenvalue weighted by Gasteiger charge is 2.05. The number of hydrogen-bond donors (Lipinski definition) is 0. The molecule has 1 aromatic carbocycles. The predicted octanol–water partition coefficient (Wildman–Crippen LogP) is 2.73. The lowest BCUT2D eigenvalue weighted by Crippen LogP contribution is -1.97. The molecule has 1 aromatic heterocycles. The van der Waals surface area contributed by atoms with Crippen molar-refractivity contribution in [1.82, 2.24) is 10.2 Å². The maximum atomic E-state index is 10.9. The molecule has 2 aromatic rings. The van der Waals surface area contributed by atoms with E-state index < -0.39 is 0 Å². The highest BCUT2D eigenvalue weighted by Crippen LogP contribution is 2.15. The van der Waals surface area contributed by atoms with Crippen LogP contribution in [0.15, 0.2) is 28.7 Å². The normalized spacial score (nSPS) is 10.5. The van der Waals surface area contributed by atoms with Crippen LogP contribution in [0.1, 0.15) is 37.6 Å². The molecule has 0 amide bonds. The molecule has 0 aliphatic carbocycles. The van der Waals surface area contributed by atoms with Crippen molar-refractivity contribution in [2.45, 2.75) is 39.7 Å². The summed E-state index contributed by atoms with van der Waals surface area (Å²) in [5.74, 6) is 2.03. The second kappa shape index (κ2) is 6.84. The summed E-state index contributed by atoms with van der Waals surface area (Å²) in [5.41, 5.74) is 1.12. The van der Waals surface area contributed by atoms with Gasteiger partial charge in [0.1, 0.15) is 11.5 Å². The largest absolute Gasteiger partial charge is 0.484 e. The summed E-state index contributed by atoms with van der Waals surface area (Å²) < 4.78 is 10.9. The van der Waals surface area contributed by atoms with Crippen molar-refractivity contribution in [1.29, 1.82) is 0 Å². The van der Waals surface area contributed by atoms with E-state index in [1.807, 2.05) is 31.2 Å². The first-order valence-corrected chi connectivity index (χ1v) is 6.70. The lowest BCUT2D eigenvalue weighted by atomic mass is 10.1. The van der Waals surface area contributed by atoms with Crippen LogP contribution >= 0.6 is 0 Å². The maximum absolute atomic E-state index is 10.9. The first-order chi connectivity index (χ1) is 9.67. The topological polar surface area (TPSA) is 65.2 Å². The van der Waals surface area contributed by atoms with Crippen molar-refractivity contribution in [2.75, 3.05) is 0 Å². The van der Waals surface area contributed by atoms with Crippen LogP contribution in [-0.4, -0.2) is 16.0 Å². The predicted molar refractivity (Wildman–Crippen MR) is 73.5 cm³/mol. The Morgan fingerprint density at radius 2 is 1.90 bits per heavy atom. The average Bonchev–Trinajstić information content (AvgIpc) is 2.92. The molecule has 0 radical (unpaired) electrons. The molecule has 20 heavy (non-hydrogen) atoms.